The van der Waals surface area contributed by atoms with Crippen molar-refractivity contribution in [2.45, 2.75) is 19.3 Å². The van der Waals surface area contributed by atoms with E-state index in [0.717, 1.165) is 11.4 Å². The van der Waals surface area contributed by atoms with Gasteiger partial charge in [-0.15, -0.1) is 11.3 Å². The summed E-state index contributed by atoms with van der Waals surface area (Å²) in [6.07, 6.45) is 0. The third kappa shape index (κ3) is 3.75. The number of hydrogen-bond donors (Lipinski definition) is 0. The van der Waals surface area contributed by atoms with Gasteiger partial charge in [-0.25, -0.2) is 0 Å². The molecule has 6 aromatic carbocycles. The largest absolute Gasteiger partial charge is 0.310 e. The lowest BCUT2D eigenvalue weighted by molar-refractivity contribution is 0.661. The fourth-order valence-corrected chi connectivity index (χ4v) is 7.80. The summed E-state index contributed by atoms with van der Waals surface area (Å²) in [5.41, 5.74) is 11.4. The molecule has 0 atom stereocenters. The summed E-state index contributed by atoms with van der Waals surface area (Å²) in [6.45, 7) is 4.72. The first-order valence-corrected chi connectivity index (χ1v) is 15.0. The van der Waals surface area contributed by atoms with Crippen LogP contribution in [-0.2, 0) is 5.41 Å². The van der Waals surface area contributed by atoms with Crippen LogP contribution >= 0.6 is 11.3 Å². The Morgan fingerprint density at radius 2 is 1.17 bits per heavy atom. The van der Waals surface area contributed by atoms with Crippen molar-refractivity contribution in [2.75, 3.05) is 4.90 Å². The Hall–Kier alpha value is -4.66. The van der Waals surface area contributed by atoms with Gasteiger partial charge in [0.1, 0.15) is 0 Å². The van der Waals surface area contributed by atoms with Crippen LogP contribution in [0.5, 0.6) is 0 Å². The molecule has 0 N–H and O–H groups in total. The summed E-state index contributed by atoms with van der Waals surface area (Å²) in [5, 5.41) is 2.67. The van der Waals surface area contributed by atoms with Crippen molar-refractivity contribution in [1.29, 1.82) is 0 Å². The van der Waals surface area contributed by atoms with Crippen LogP contribution in [0.15, 0.2) is 140 Å². The Bertz CT molecular complexity index is 2070. The second-order valence-electron chi connectivity index (χ2n) is 11.4. The lowest BCUT2D eigenvalue weighted by Crippen LogP contribution is -2.20. The molecule has 0 amide bonds. The molecule has 1 heterocycles. The average Bonchev–Trinajstić information content (AvgIpc) is 3.51. The molecule has 7 aromatic rings. The van der Waals surface area contributed by atoms with Crippen LogP contribution in [0.25, 0.3) is 42.4 Å². The van der Waals surface area contributed by atoms with E-state index in [9.17, 15) is 0 Å². The van der Waals surface area contributed by atoms with Gasteiger partial charge in [-0.3, -0.25) is 0 Å². The molecule has 0 saturated carbocycles. The van der Waals surface area contributed by atoms with Crippen molar-refractivity contribution in [2.24, 2.45) is 0 Å². The molecule has 2 heteroatoms. The fraction of sp³-hybridized carbons (Fsp3) is 0.0769. The zero-order valence-electron chi connectivity index (χ0n) is 23.1. The maximum atomic E-state index is 2.42. The number of fused-ring (bicyclic) bond motifs is 6. The number of hydrogen-bond acceptors (Lipinski definition) is 2. The zero-order valence-corrected chi connectivity index (χ0v) is 24.0. The van der Waals surface area contributed by atoms with Gasteiger partial charge in [-0.1, -0.05) is 105 Å². The highest BCUT2D eigenvalue weighted by Crippen LogP contribution is 2.54. The Labute approximate surface area is 245 Å². The molecule has 1 aliphatic carbocycles. The molecular weight excluding hydrogens is 515 g/mol. The Morgan fingerprint density at radius 1 is 0.512 bits per heavy atom. The predicted octanol–water partition coefficient (Wildman–Crippen LogP) is 11.5. The van der Waals surface area contributed by atoms with Crippen molar-refractivity contribution in [3.05, 3.63) is 151 Å². The fourth-order valence-electron chi connectivity index (χ4n) is 6.72. The highest BCUT2D eigenvalue weighted by atomic mass is 32.1. The molecule has 1 nitrogen and oxygen atoms in total. The molecule has 0 bridgehead atoms. The average molecular weight is 544 g/mol. The molecule has 1 aliphatic rings. The SMILES string of the molecule is CC1(C)c2ccccc2-c2cccc(N(c3ccccc3)c3ccc(-c4ccc5sc6ccccc6c5c4)cc3)c21. The summed E-state index contributed by atoms with van der Waals surface area (Å²) < 4.78 is 2.68. The maximum absolute atomic E-state index is 2.42. The van der Waals surface area contributed by atoms with Gasteiger partial charge in [0.05, 0.1) is 5.69 Å². The van der Waals surface area contributed by atoms with E-state index in [2.05, 4.69) is 158 Å². The first-order chi connectivity index (χ1) is 20.1. The van der Waals surface area contributed by atoms with E-state index in [1.165, 1.54) is 59.2 Å². The Morgan fingerprint density at radius 3 is 2.02 bits per heavy atom. The lowest BCUT2D eigenvalue weighted by Gasteiger charge is -2.32. The van der Waals surface area contributed by atoms with Gasteiger partial charge in [-0.2, -0.15) is 0 Å². The molecule has 196 valence electrons. The molecular formula is C39H29NS. The summed E-state index contributed by atoms with van der Waals surface area (Å²) in [7, 11) is 0. The van der Waals surface area contributed by atoms with E-state index in [-0.39, 0.29) is 5.41 Å². The highest BCUT2D eigenvalue weighted by molar-refractivity contribution is 7.25. The lowest BCUT2D eigenvalue weighted by atomic mass is 9.81. The molecule has 0 fully saturated rings. The molecule has 0 radical (unpaired) electrons. The van der Waals surface area contributed by atoms with Crippen LogP contribution in [0.1, 0.15) is 25.0 Å². The summed E-state index contributed by atoms with van der Waals surface area (Å²) in [4.78, 5) is 2.42. The topological polar surface area (TPSA) is 3.24 Å². The van der Waals surface area contributed by atoms with Crippen molar-refractivity contribution in [3.8, 4) is 22.3 Å². The van der Waals surface area contributed by atoms with Gasteiger partial charge in [0.2, 0.25) is 0 Å². The van der Waals surface area contributed by atoms with Crippen molar-refractivity contribution in [3.63, 3.8) is 0 Å². The van der Waals surface area contributed by atoms with Crippen LogP contribution in [0.2, 0.25) is 0 Å². The minimum Gasteiger partial charge on any atom is -0.310 e. The normalized spacial score (nSPS) is 13.3. The summed E-state index contributed by atoms with van der Waals surface area (Å²) in [6, 6.07) is 51.0. The first-order valence-electron chi connectivity index (χ1n) is 14.2. The number of thiophene rings is 1. The third-order valence-corrected chi connectivity index (χ3v) is 9.80. The van der Waals surface area contributed by atoms with Gasteiger partial charge in [0.25, 0.3) is 0 Å². The first kappa shape index (κ1) is 24.2. The second kappa shape index (κ2) is 9.19. The van der Waals surface area contributed by atoms with Gasteiger partial charge < -0.3 is 4.90 Å². The van der Waals surface area contributed by atoms with E-state index in [1.54, 1.807) is 0 Å². The van der Waals surface area contributed by atoms with Gasteiger partial charge in [-0.05, 0) is 81.9 Å². The minimum atomic E-state index is -0.103. The van der Waals surface area contributed by atoms with Crippen molar-refractivity contribution in [1.82, 2.24) is 0 Å². The number of rotatable bonds is 4. The van der Waals surface area contributed by atoms with E-state index in [0.29, 0.717) is 0 Å². The van der Waals surface area contributed by atoms with E-state index in [4.69, 9.17) is 0 Å². The summed E-state index contributed by atoms with van der Waals surface area (Å²) in [5.74, 6) is 0. The quantitative estimate of drug-likeness (QED) is 0.213. The van der Waals surface area contributed by atoms with Gasteiger partial charge in [0.15, 0.2) is 0 Å². The van der Waals surface area contributed by atoms with Crippen LogP contribution in [0.3, 0.4) is 0 Å². The molecule has 0 aliphatic heterocycles. The van der Waals surface area contributed by atoms with Gasteiger partial charge >= 0.3 is 0 Å². The van der Waals surface area contributed by atoms with Crippen LogP contribution in [0, 0.1) is 0 Å². The van der Waals surface area contributed by atoms with E-state index >= 15 is 0 Å². The van der Waals surface area contributed by atoms with Gasteiger partial charge in [0, 0.05) is 37.0 Å². The smallest absolute Gasteiger partial charge is 0.0508 e. The number of benzene rings is 6. The predicted molar refractivity (Wildman–Crippen MR) is 177 cm³/mol. The minimum absolute atomic E-state index is 0.103. The number of nitrogens with zero attached hydrogens (tertiary/aromatic N) is 1. The van der Waals surface area contributed by atoms with Crippen LogP contribution in [0.4, 0.5) is 17.1 Å². The molecule has 0 saturated heterocycles. The number of para-hydroxylation sites is 1. The standard InChI is InChI=1S/C39H29NS/c1-39(2)34-16-8-6-13-30(34)32-15-10-17-35(38(32)39)40(28-11-4-3-5-12-28)29-22-19-26(20-23-29)27-21-24-37-33(25-27)31-14-7-9-18-36(31)41-37/h3-25H,1-2H3. The van der Waals surface area contributed by atoms with Crippen molar-refractivity contribution >= 4 is 48.6 Å². The van der Waals surface area contributed by atoms with Crippen LogP contribution in [-0.4, -0.2) is 0 Å². The molecule has 0 spiro atoms. The molecule has 1 aromatic heterocycles. The molecule has 8 rings (SSSR count). The van der Waals surface area contributed by atoms with E-state index < -0.39 is 0 Å². The maximum Gasteiger partial charge on any atom is 0.0508 e. The molecule has 41 heavy (non-hydrogen) atoms. The molecule has 0 unspecified atom stereocenters. The van der Waals surface area contributed by atoms with E-state index in [1.807, 2.05) is 11.3 Å². The van der Waals surface area contributed by atoms with Crippen molar-refractivity contribution < 1.29 is 0 Å². The zero-order chi connectivity index (χ0) is 27.6. The third-order valence-electron chi connectivity index (χ3n) is 8.65. The summed E-state index contributed by atoms with van der Waals surface area (Å²) >= 11 is 1.87. The highest BCUT2D eigenvalue weighted by Gasteiger charge is 2.38. The monoisotopic (exact) mass is 543 g/mol. The van der Waals surface area contributed by atoms with Crippen LogP contribution < -0.4 is 4.90 Å². The Balaban J connectivity index is 1.26. The Kier molecular flexibility index (Phi) is 5.42. The number of anilines is 3. The second-order valence-corrected chi connectivity index (χ2v) is 12.5.